The fraction of sp³-hybridized carbons (Fsp3) is 0.222. The number of nitrogens with zero attached hydrogens (tertiary/aromatic N) is 1. The average molecular weight is 224 g/mol. The molecule has 1 aromatic carbocycles. The van der Waals surface area contributed by atoms with Gasteiger partial charge >= 0.3 is 0 Å². The Labute approximate surface area is 78.9 Å². The first-order chi connectivity index (χ1) is 5.79. The Hall–Kier alpha value is -1.01. The van der Waals surface area contributed by atoms with Crippen LogP contribution in [0, 0.1) is 11.3 Å². The third-order valence-corrected chi connectivity index (χ3v) is 2.34. The molecule has 1 aliphatic heterocycles. The minimum Gasteiger partial charge on any atom is -0.475 e. The fourth-order valence-electron chi connectivity index (χ4n) is 1.27. The second-order valence-corrected chi connectivity index (χ2v) is 3.61. The first-order valence-electron chi connectivity index (χ1n) is 3.64. The summed E-state index contributed by atoms with van der Waals surface area (Å²) in [6.45, 7) is 0. The number of nitriles is 1. The van der Waals surface area contributed by atoms with Gasteiger partial charge in [-0.3, -0.25) is 0 Å². The summed E-state index contributed by atoms with van der Waals surface area (Å²) in [5, 5.41) is 8.62. The number of hydrogen-bond acceptors (Lipinski definition) is 2. The summed E-state index contributed by atoms with van der Waals surface area (Å²) >= 11 is 3.34. The largest absolute Gasteiger partial charge is 0.475 e. The average Bonchev–Trinajstić information content (AvgIpc) is 2.46. The molecule has 0 bridgehead atoms. The van der Waals surface area contributed by atoms with Crippen molar-refractivity contribution in [3.05, 3.63) is 28.2 Å². The van der Waals surface area contributed by atoms with Crippen LogP contribution in [0.5, 0.6) is 5.75 Å². The quantitative estimate of drug-likeness (QED) is 0.677. The van der Waals surface area contributed by atoms with Gasteiger partial charge in [-0.05, 0) is 17.7 Å². The molecule has 1 aromatic rings. The highest BCUT2D eigenvalue weighted by Crippen LogP contribution is 2.31. The Balaban J connectivity index is 2.37. The number of ether oxygens (including phenoxy) is 1. The number of benzene rings is 1. The van der Waals surface area contributed by atoms with E-state index >= 15 is 0 Å². The van der Waals surface area contributed by atoms with Crippen molar-refractivity contribution in [1.82, 2.24) is 0 Å². The molecule has 0 saturated heterocycles. The molecule has 0 radical (unpaired) electrons. The van der Waals surface area contributed by atoms with E-state index < -0.39 is 0 Å². The molecule has 0 amide bonds. The molecule has 12 heavy (non-hydrogen) atoms. The van der Waals surface area contributed by atoms with E-state index in [1.165, 1.54) is 0 Å². The lowest BCUT2D eigenvalue weighted by atomic mass is 10.1. The van der Waals surface area contributed by atoms with Crippen molar-refractivity contribution < 1.29 is 4.74 Å². The highest BCUT2D eigenvalue weighted by Gasteiger charge is 2.21. The zero-order chi connectivity index (χ0) is 8.55. The van der Waals surface area contributed by atoms with Gasteiger partial charge in [0, 0.05) is 10.9 Å². The van der Waals surface area contributed by atoms with Crippen LogP contribution in [0.2, 0.25) is 0 Å². The number of halogens is 1. The molecule has 1 heterocycles. The van der Waals surface area contributed by atoms with Crippen LogP contribution in [0.1, 0.15) is 5.56 Å². The van der Waals surface area contributed by atoms with Crippen LogP contribution in [-0.4, -0.2) is 6.10 Å². The lowest BCUT2D eigenvalue weighted by molar-refractivity contribution is 0.290. The van der Waals surface area contributed by atoms with Crippen LogP contribution in [0.3, 0.4) is 0 Å². The minimum atomic E-state index is -0.297. The van der Waals surface area contributed by atoms with Crippen molar-refractivity contribution in [1.29, 1.82) is 5.26 Å². The summed E-state index contributed by atoms with van der Waals surface area (Å²) in [6, 6.07) is 7.93. The molecule has 1 atom stereocenters. The van der Waals surface area contributed by atoms with E-state index in [0.717, 1.165) is 15.8 Å². The molecule has 0 aromatic heterocycles. The molecule has 0 spiro atoms. The van der Waals surface area contributed by atoms with Crippen LogP contribution in [0.4, 0.5) is 0 Å². The maximum atomic E-state index is 8.62. The van der Waals surface area contributed by atoms with Gasteiger partial charge in [-0.2, -0.15) is 5.26 Å². The molecule has 3 heteroatoms. The predicted octanol–water partition coefficient (Wildman–Crippen LogP) is 2.28. The molecule has 0 N–H and O–H groups in total. The summed E-state index contributed by atoms with van der Waals surface area (Å²) in [6.07, 6.45) is 0.411. The molecule has 60 valence electrons. The maximum Gasteiger partial charge on any atom is 0.188 e. The zero-order valence-corrected chi connectivity index (χ0v) is 7.84. The standard InChI is InChI=1S/C9H6BrNO/c10-7-2-1-6-3-8(5-11)12-9(6)4-7/h1-2,4,8H,3H2. The highest BCUT2D eigenvalue weighted by atomic mass is 79.9. The lowest BCUT2D eigenvalue weighted by Gasteiger charge is -1.99. The van der Waals surface area contributed by atoms with E-state index in [2.05, 4.69) is 22.0 Å². The van der Waals surface area contributed by atoms with Gasteiger partial charge < -0.3 is 4.74 Å². The topological polar surface area (TPSA) is 33.0 Å². The van der Waals surface area contributed by atoms with Crippen LogP contribution in [0.15, 0.2) is 22.7 Å². The van der Waals surface area contributed by atoms with Crippen molar-refractivity contribution in [2.24, 2.45) is 0 Å². The molecule has 2 nitrogen and oxygen atoms in total. The first-order valence-corrected chi connectivity index (χ1v) is 4.43. The molecular weight excluding hydrogens is 218 g/mol. The fourth-order valence-corrected chi connectivity index (χ4v) is 1.61. The summed E-state index contributed by atoms with van der Waals surface area (Å²) in [5.74, 6) is 0.830. The molecule has 1 aliphatic rings. The molecule has 0 saturated carbocycles. The van der Waals surface area contributed by atoms with Gasteiger partial charge in [-0.1, -0.05) is 22.0 Å². The minimum absolute atomic E-state index is 0.297. The zero-order valence-electron chi connectivity index (χ0n) is 6.25. The molecular formula is C9H6BrNO. The second kappa shape index (κ2) is 2.80. The Morgan fingerprint density at radius 1 is 1.58 bits per heavy atom. The van der Waals surface area contributed by atoms with Crippen molar-refractivity contribution in [3.63, 3.8) is 0 Å². The van der Waals surface area contributed by atoms with E-state index in [9.17, 15) is 0 Å². The third-order valence-electron chi connectivity index (χ3n) is 1.85. The third kappa shape index (κ3) is 1.19. The van der Waals surface area contributed by atoms with Gasteiger partial charge in [0.1, 0.15) is 11.8 Å². The number of hydrogen-bond donors (Lipinski definition) is 0. The Morgan fingerprint density at radius 2 is 2.42 bits per heavy atom. The smallest absolute Gasteiger partial charge is 0.188 e. The van der Waals surface area contributed by atoms with E-state index in [1.807, 2.05) is 18.2 Å². The number of rotatable bonds is 0. The summed E-state index contributed by atoms with van der Waals surface area (Å²) in [7, 11) is 0. The number of fused-ring (bicyclic) bond motifs is 1. The Morgan fingerprint density at radius 3 is 3.17 bits per heavy atom. The molecule has 1 unspecified atom stereocenters. The van der Waals surface area contributed by atoms with Gasteiger partial charge in [0.15, 0.2) is 6.10 Å². The Kier molecular flexibility index (Phi) is 1.78. The molecule has 0 aliphatic carbocycles. The monoisotopic (exact) mass is 223 g/mol. The SMILES string of the molecule is N#CC1Cc2ccc(Br)cc2O1. The summed E-state index contributed by atoms with van der Waals surface area (Å²) < 4.78 is 6.33. The summed E-state index contributed by atoms with van der Waals surface area (Å²) in [4.78, 5) is 0. The van der Waals surface area contributed by atoms with Crippen molar-refractivity contribution in [2.45, 2.75) is 12.5 Å². The van der Waals surface area contributed by atoms with E-state index in [4.69, 9.17) is 10.00 Å². The highest BCUT2D eigenvalue weighted by molar-refractivity contribution is 9.10. The van der Waals surface area contributed by atoms with Crippen molar-refractivity contribution >= 4 is 15.9 Å². The molecule has 0 fully saturated rings. The van der Waals surface area contributed by atoms with Crippen molar-refractivity contribution in [2.75, 3.05) is 0 Å². The second-order valence-electron chi connectivity index (χ2n) is 2.69. The summed E-state index contributed by atoms with van der Waals surface area (Å²) in [5.41, 5.74) is 1.12. The van der Waals surface area contributed by atoms with Crippen molar-refractivity contribution in [3.8, 4) is 11.8 Å². The van der Waals surface area contributed by atoms with E-state index in [-0.39, 0.29) is 6.10 Å². The van der Waals surface area contributed by atoms with E-state index in [1.54, 1.807) is 0 Å². The van der Waals surface area contributed by atoms with Crippen LogP contribution >= 0.6 is 15.9 Å². The van der Waals surface area contributed by atoms with Gasteiger partial charge in [0.2, 0.25) is 0 Å². The first kappa shape index (κ1) is 7.63. The van der Waals surface area contributed by atoms with Crippen LogP contribution in [0.25, 0.3) is 0 Å². The Bertz CT molecular complexity index is 356. The molecule has 2 rings (SSSR count). The normalized spacial score (nSPS) is 19.5. The van der Waals surface area contributed by atoms with Gasteiger partial charge in [0.25, 0.3) is 0 Å². The maximum absolute atomic E-state index is 8.62. The van der Waals surface area contributed by atoms with Gasteiger partial charge in [-0.25, -0.2) is 0 Å². The van der Waals surface area contributed by atoms with Crippen LogP contribution < -0.4 is 4.74 Å². The van der Waals surface area contributed by atoms with E-state index in [0.29, 0.717) is 6.42 Å². The van der Waals surface area contributed by atoms with Gasteiger partial charge in [-0.15, -0.1) is 0 Å². The van der Waals surface area contributed by atoms with Crippen LogP contribution in [-0.2, 0) is 6.42 Å². The lowest BCUT2D eigenvalue weighted by Crippen LogP contribution is -2.08. The predicted molar refractivity (Wildman–Crippen MR) is 47.9 cm³/mol. The van der Waals surface area contributed by atoms with Gasteiger partial charge in [0.05, 0.1) is 0 Å².